The van der Waals surface area contributed by atoms with E-state index in [0.29, 0.717) is 0 Å². The molecule has 0 heteroatoms. The summed E-state index contributed by atoms with van der Waals surface area (Å²) in [6.07, 6.45) is 9.97. The largest absolute Gasteiger partial charge is 0.0776 e. The number of hydrogen-bond donors (Lipinski definition) is 0. The molecule has 0 amide bonds. The van der Waals surface area contributed by atoms with Gasteiger partial charge in [-0.05, 0) is 73.0 Å². The first kappa shape index (κ1) is 42.2. The summed E-state index contributed by atoms with van der Waals surface area (Å²) in [5.74, 6) is 7.43. The van der Waals surface area contributed by atoms with Crippen LogP contribution >= 0.6 is 0 Å². The van der Waals surface area contributed by atoms with Crippen LogP contribution in [-0.2, 0) is 0 Å². The molecule has 1 fully saturated rings. The van der Waals surface area contributed by atoms with Crippen LogP contribution in [-0.4, -0.2) is 0 Å². The molecule has 0 heterocycles. The maximum absolute atomic E-state index is 2.44. The Morgan fingerprint density at radius 1 is 0.688 bits per heavy atom. The lowest BCUT2D eigenvalue weighted by molar-refractivity contribution is 0.200. The molecule has 0 aromatic heterocycles. The van der Waals surface area contributed by atoms with E-state index in [-0.39, 0.29) is 7.43 Å². The Hall–Kier alpha value is 0. The zero-order valence-electron chi connectivity index (χ0n) is 25.6. The highest BCUT2D eigenvalue weighted by Crippen LogP contribution is 2.34. The average molecular weight is 459 g/mol. The fraction of sp³-hybridized carbons (Fsp3) is 1.00. The first-order valence-electron chi connectivity index (χ1n) is 14.6. The lowest BCUT2D eigenvalue weighted by Gasteiger charge is -2.31. The molecule has 1 aliphatic rings. The van der Waals surface area contributed by atoms with Crippen molar-refractivity contribution < 1.29 is 0 Å². The molecular formula is C32H74. The Balaban J connectivity index is -0.000000124. The minimum atomic E-state index is 0. The van der Waals surface area contributed by atoms with E-state index >= 15 is 0 Å². The molecule has 32 heavy (non-hydrogen) atoms. The fourth-order valence-corrected chi connectivity index (χ4v) is 4.93. The molecule has 6 unspecified atom stereocenters. The third-order valence-corrected chi connectivity index (χ3v) is 7.09. The van der Waals surface area contributed by atoms with Crippen LogP contribution in [0.4, 0.5) is 0 Å². The minimum absolute atomic E-state index is 0. The lowest BCUT2D eigenvalue weighted by atomic mass is 9.75. The highest BCUT2D eigenvalue weighted by Gasteiger charge is 2.23. The van der Waals surface area contributed by atoms with E-state index in [1.165, 1.54) is 44.9 Å². The van der Waals surface area contributed by atoms with Gasteiger partial charge in [-0.25, -0.2) is 0 Å². The summed E-state index contributed by atoms with van der Waals surface area (Å²) in [5, 5.41) is 0. The van der Waals surface area contributed by atoms with Crippen molar-refractivity contribution in [3.05, 3.63) is 0 Å². The first-order valence-corrected chi connectivity index (χ1v) is 14.6. The molecule has 0 nitrogen and oxygen atoms in total. The third-order valence-electron chi connectivity index (χ3n) is 7.09. The second kappa shape index (κ2) is 29.0. The van der Waals surface area contributed by atoms with Gasteiger partial charge in [-0.1, -0.05) is 137 Å². The minimum Gasteiger partial charge on any atom is -0.0776 e. The van der Waals surface area contributed by atoms with Crippen molar-refractivity contribution >= 4 is 0 Å². The van der Waals surface area contributed by atoms with Crippen molar-refractivity contribution in [1.82, 2.24) is 0 Å². The van der Waals surface area contributed by atoms with Gasteiger partial charge in [0.15, 0.2) is 0 Å². The quantitative estimate of drug-likeness (QED) is 0.339. The summed E-state index contributed by atoms with van der Waals surface area (Å²) >= 11 is 0. The van der Waals surface area contributed by atoms with Crippen LogP contribution in [0.2, 0.25) is 0 Å². The van der Waals surface area contributed by atoms with Crippen LogP contribution in [0.15, 0.2) is 0 Å². The zero-order valence-corrected chi connectivity index (χ0v) is 25.6. The van der Waals surface area contributed by atoms with Gasteiger partial charge >= 0.3 is 0 Å². The van der Waals surface area contributed by atoms with E-state index in [1.807, 2.05) is 41.5 Å². The molecule has 0 N–H and O–H groups in total. The van der Waals surface area contributed by atoms with E-state index in [2.05, 4.69) is 69.2 Å². The van der Waals surface area contributed by atoms with E-state index < -0.39 is 0 Å². The van der Waals surface area contributed by atoms with E-state index in [9.17, 15) is 0 Å². The molecule has 0 spiro atoms. The Morgan fingerprint density at radius 3 is 1.44 bits per heavy atom. The fourth-order valence-electron chi connectivity index (χ4n) is 4.93. The summed E-state index contributed by atoms with van der Waals surface area (Å²) < 4.78 is 0. The van der Waals surface area contributed by atoms with Gasteiger partial charge in [-0.15, -0.1) is 0 Å². The van der Waals surface area contributed by atoms with Crippen LogP contribution in [0, 0.1) is 47.3 Å². The first-order chi connectivity index (χ1) is 14.6. The molecule has 202 valence electrons. The SMILES string of the molecule is C.CC.CC.CC.CCC(CC(C)C(C)CC(C)C)C(C)C.CCC1CCC(C)CC1C. The van der Waals surface area contributed by atoms with Crippen LogP contribution in [0.1, 0.15) is 163 Å². The molecule has 0 aromatic carbocycles. The standard InChI is InChI=1S/C15H32.C10H20.3C2H6.CH4/c1-8-15(12(4)5)10-14(7)13(6)9-11(2)3;1-4-10-6-5-8(2)7-9(10)3;3*1-2;/h11-15H,8-10H2,1-7H3;8-10H,4-7H2,1-3H3;3*1-2H3;1H4. The molecule has 1 aliphatic carbocycles. The van der Waals surface area contributed by atoms with Gasteiger partial charge in [0.1, 0.15) is 0 Å². The van der Waals surface area contributed by atoms with Crippen molar-refractivity contribution in [2.45, 2.75) is 163 Å². The van der Waals surface area contributed by atoms with Gasteiger partial charge < -0.3 is 0 Å². The van der Waals surface area contributed by atoms with Crippen molar-refractivity contribution in [3.63, 3.8) is 0 Å². The van der Waals surface area contributed by atoms with Crippen molar-refractivity contribution in [2.24, 2.45) is 47.3 Å². The van der Waals surface area contributed by atoms with E-state index in [0.717, 1.165) is 47.3 Å². The third kappa shape index (κ3) is 23.2. The monoisotopic (exact) mass is 459 g/mol. The molecule has 0 aromatic rings. The Morgan fingerprint density at radius 2 is 1.12 bits per heavy atom. The molecule has 0 aliphatic heterocycles. The van der Waals surface area contributed by atoms with Gasteiger partial charge in [0, 0.05) is 0 Å². The molecular weight excluding hydrogens is 384 g/mol. The molecule has 6 atom stereocenters. The Labute approximate surface area is 210 Å². The normalized spacial score (nSPS) is 22.1. The van der Waals surface area contributed by atoms with Crippen molar-refractivity contribution in [2.75, 3.05) is 0 Å². The van der Waals surface area contributed by atoms with E-state index in [4.69, 9.17) is 0 Å². The predicted octanol–water partition coefficient (Wildman–Crippen LogP) is 12.6. The van der Waals surface area contributed by atoms with Crippen molar-refractivity contribution in [1.29, 1.82) is 0 Å². The summed E-state index contributed by atoms with van der Waals surface area (Å²) in [6, 6.07) is 0. The van der Waals surface area contributed by atoms with Gasteiger partial charge in [0.2, 0.25) is 0 Å². The van der Waals surface area contributed by atoms with Crippen LogP contribution in [0.5, 0.6) is 0 Å². The number of hydrogen-bond acceptors (Lipinski definition) is 0. The molecule has 1 rings (SSSR count). The Bertz CT molecular complexity index is 303. The maximum atomic E-state index is 2.44. The molecule has 0 radical (unpaired) electrons. The van der Waals surface area contributed by atoms with Gasteiger partial charge in [-0.2, -0.15) is 0 Å². The zero-order chi connectivity index (χ0) is 25.6. The van der Waals surface area contributed by atoms with Gasteiger partial charge in [-0.3, -0.25) is 0 Å². The molecule has 0 bridgehead atoms. The highest BCUT2D eigenvalue weighted by atomic mass is 14.3. The summed E-state index contributed by atoms with van der Waals surface area (Å²) in [6.45, 7) is 35.8. The van der Waals surface area contributed by atoms with Crippen LogP contribution < -0.4 is 0 Å². The summed E-state index contributed by atoms with van der Waals surface area (Å²) in [4.78, 5) is 0. The maximum Gasteiger partial charge on any atom is -0.0391 e. The Kier molecular flexibility index (Phi) is 38.3. The average Bonchev–Trinajstić information content (AvgIpc) is 2.76. The van der Waals surface area contributed by atoms with Crippen LogP contribution in [0.3, 0.4) is 0 Å². The lowest BCUT2D eigenvalue weighted by Crippen LogP contribution is -2.20. The summed E-state index contributed by atoms with van der Waals surface area (Å²) in [7, 11) is 0. The predicted molar refractivity (Wildman–Crippen MR) is 158 cm³/mol. The van der Waals surface area contributed by atoms with Gasteiger partial charge in [0.05, 0.1) is 0 Å². The van der Waals surface area contributed by atoms with Crippen molar-refractivity contribution in [3.8, 4) is 0 Å². The van der Waals surface area contributed by atoms with Gasteiger partial charge in [0.25, 0.3) is 0 Å². The molecule has 1 saturated carbocycles. The summed E-state index contributed by atoms with van der Waals surface area (Å²) in [5.41, 5.74) is 0. The smallest absolute Gasteiger partial charge is 0.0391 e. The number of rotatable bonds is 8. The topological polar surface area (TPSA) is 0 Å². The van der Waals surface area contributed by atoms with E-state index in [1.54, 1.807) is 0 Å². The second-order valence-electron chi connectivity index (χ2n) is 10.3. The highest BCUT2D eigenvalue weighted by molar-refractivity contribution is 4.74. The second-order valence-corrected chi connectivity index (χ2v) is 10.3. The molecule has 0 saturated heterocycles. The van der Waals surface area contributed by atoms with Crippen LogP contribution in [0.25, 0.3) is 0 Å².